The fourth-order valence-corrected chi connectivity index (χ4v) is 4.22. The fourth-order valence-electron chi connectivity index (χ4n) is 2.89. The maximum Gasteiger partial charge on any atom is 0.348 e. The number of rotatable bonds is 4. The average Bonchev–Trinajstić information content (AvgIpc) is 2.71. The van der Waals surface area contributed by atoms with E-state index < -0.39 is 0 Å². The van der Waals surface area contributed by atoms with E-state index in [4.69, 9.17) is 4.74 Å². The summed E-state index contributed by atoms with van der Waals surface area (Å²) in [5.74, 6) is 1.27. The molecule has 5 nitrogen and oxygen atoms in total. The third-order valence-electron chi connectivity index (χ3n) is 4.12. The number of carbonyl (C=O) groups is 1. The monoisotopic (exact) mass is 352 g/mol. The van der Waals surface area contributed by atoms with Crippen LogP contribution in [0.15, 0.2) is 4.79 Å². The zero-order chi connectivity index (χ0) is 16.4. The van der Waals surface area contributed by atoms with E-state index in [1.807, 2.05) is 13.2 Å². The van der Waals surface area contributed by atoms with Crippen LogP contribution in [0, 0.1) is 6.92 Å². The van der Waals surface area contributed by atoms with Gasteiger partial charge in [-0.1, -0.05) is 6.42 Å². The highest BCUT2D eigenvalue weighted by Gasteiger charge is 2.22. The van der Waals surface area contributed by atoms with E-state index in [1.165, 1.54) is 11.3 Å². The molecule has 0 fully saturated rings. The zero-order valence-corrected chi connectivity index (χ0v) is 15.0. The summed E-state index contributed by atoms with van der Waals surface area (Å²) in [6, 6.07) is 0. The molecule has 124 valence electrons. The van der Waals surface area contributed by atoms with E-state index in [0.717, 1.165) is 43.8 Å². The summed E-state index contributed by atoms with van der Waals surface area (Å²) in [4.78, 5) is 30.9. The summed E-state index contributed by atoms with van der Waals surface area (Å²) < 4.78 is 7.07. The van der Waals surface area contributed by atoms with Gasteiger partial charge in [0.25, 0.3) is 5.56 Å². The zero-order valence-electron chi connectivity index (χ0n) is 13.4. The Morgan fingerprint density at radius 2 is 2.22 bits per heavy atom. The van der Waals surface area contributed by atoms with Gasteiger partial charge >= 0.3 is 5.97 Å². The smallest absolute Gasteiger partial charge is 0.348 e. The molecule has 0 saturated heterocycles. The molecule has 0 aromatic carbocycles. The van der Waals surface area contributed by atoms with Gasteiger partial charge in [-0.3, -0.25) is 9.36 Å². The van der Waals surface area contributed by atoms with Crippen molar-refractivity contribution in [3.63, 3.8) is 0 Å². The lowest BCUT2D eigenvalue weighted by Crippen LogP contribution is -2.24. The van der Waals surface area contributed by atoms with Crippen molar-refractivity contribution in [3.8, 4) is 0 Å². The van der Waals surface area contributed by atoms with Crippen LogP contribution >= 0.6 is 23.1 Å². The third-order valence-corrected chi connectivity index (χ3v) is 5.86. The molecule has 2 aromatic heterocycles. The SMILES string of the molecule is CSCCOC(=O)c1sc2nc3n(c(=O)c2c1C)CCCCC3. The first-order valence-corrected chi connectivity index (χ1v) is 10.0. The second-order valence-corrected chi connectivity index (χ2v) is 7.65. The van der Waals surface area contributed by atoms with Crippen LogP contribution < -0.4 is 5.56 Å². The Kier molecular flexibility index (Phi) is 5.06. The molecular formula is C16H20N2O3S2. The van der Waals surface area contributed by atoms with Crippen molar-refractivity contribution in [2.75, 3.05) is 18.6 Å². The molecular weight excluding hydrogens is 332 g/mol. The number of ether oxygens (including phenoxy) is 1. The lowest BCUT2D eigenvalue weighted by molar-refractivity contribution is 0.0535. The topological polar surface area (TPSA) is 61.2 Å². The Balaban J connectivity index is 2.03. The molecule has 0 unspecified atom stereocenters. The molecule has 0 N–H and O–H groups in total. The van der Waals surface area contributed by atoms with Crippen molar-refractivity contribution in [2.45, 2.75) is 39.2 Å². The van der Waals surface area contributed by atoms with Gasteiger partial charge < -0.3 is 4.74 Å². The van der Waals surface area contributed by atoms with Gasteiger partial charge in [-0.05, 0) is 31.6 Å². The average molecular weight is 352 g/mol. The maximum atomic E-state index is 12.8. The summed E-state index contributed by atoms with van der Waals surface area (Å²) in [5, 5.41) is 0.581. The standard InChI is InChI=1S/C16H20N2O3S2/c1-10-12-14(23-13(10)16(20)21-8-9-22-2)17-11-6-4-3-5-7-18(11)15(12)19/h3-9H2,1-2H3. The first kappa shape index (κ1) is 16.5. The number of aromatic nitrogens is 2. The van der Waals surface area contributed by atoms with Crippen LogP contribution in [-0.4, -0.2) is 34.1 Å². The molecule has 3 heterocycles. The van der Waals surface area contributed by atoms with Crippen molar-refractivity contribution >= 4 is 39.3 Å². The van der Waals surface area contributed by atoms with Crippen LogP contribution in [-0.2, 0) is 17.7 Å². The van der Waals surface area contributed by atoms with E-state index in [9.17, 15) is 9.59 Å². The molecule has 23 heavy (non-hydrogen) atoms. The highest BCUT2D eigenvalue weighted by molar-refractivity contribution is 7.98. The Hall–Kier alpha value is -1.34. The summed E-state index contributed by atoms with van der Waals surface area (Å²) in [6.45, 7) is 2.92. The molecule has 0 spiro atoms. The molecule has 1 aliphatic rings. The second-order valence-electron chi connectivity index (χ2n) is 5.66. The number of nitrogens with zero attached hydrogens (tertiary/aromatic N) is 2. The molecule has 0 atom stereocenters. The summed E-state index contributed by atoms with van der Waals surface area (Å²) in [7, 11) is 0. The minimum Gasteiger partial charge on any atom is -0.461 e. The molecule has 0 bridgehead atoms. The van der Waals surface area contributed by atoms with Gasteiger partial charge in [0, 0.05) is 18.7 Å². The Morgan fingerprint density at radius 3 is 3.00 bits per heavy atom. The largest absolute Gasteiger partial charge is 0.461 e. The molecule has 0 radical (unpaired) electrons. The summed E-state index contributed by atoms with van der Waals surface area (Å²) in [5.41, 5.74) is 0.694. The first-order chi connectivity index (χ1) is 11.1. The number of carbonyl (C=O) groups excluding carboxylic acids is 1. The van der Waals surface area contributed by atoms with Crippen LogP contribution in [0.5, 0.6) is 0 Å². The minimum atomic E-state index is -0.348. The molecule has 0 amide bonds. The van der Waals surface area contributed by atoms with E-state index in [0.29, 0.717) is 27.3 Å². The summed E-state index contributed by atoms with van der Waals surface area (Å²) in [6.07, 6.45) is 5.99. The van der Waals surface area contributed by atoms with Gasteiger partial charge in [0.1, 0.15) is 22.1 Å². The van der Waals surface area contributed by atoms with Crippen molar-refractivity contribution in [1.82, 2.24) is 9.55 Å². The quantitative estimate of drug-likeness (QED) is 0.625. The van der Waals surface area contributed by atoms with Crippen molar-refractivity contribution in [1.29, 1.82) is 0 Å². The Labute approximate surface area is 143 Å². The van der Waals surface area contributed by atoms with E-state index in [1.54, 1.807) is 16.3 Å². The molecule has 0 aliphatic carbocycles. The van der Waals surface area contributed by atoms with E-state index >= 15 is 0 Å². The van der Waals surface area contributed by atoms with Crippen molar-refractivity contribution in [3.05, 3.63) is 26.6 Å². The van der Waals surface area contributed by atoms with Crippen molar-refractivity contribution in [2.24, 2.45) is 0 Å². The Morgan fingerprint density at radius 1 is 1.39 bits per heavy atom. The van der Waals surface area contributed by atoms with Gasteiger partial charge in [0.15, 0.2) is 0 Å². The number of aryl methyl sites for hydroxylation is 2. The number of esters is 1. The van der Waals surface area contributed by atoms with Crippen LogP contribution in [0.1, 0.15) is 40.3 Å². The molecule has 1 aliphatic heterocycles. The molecule has 3 rings (SSSR count). The van der Waals surface area contributed by atoms with Gasteiger partial charge in [0.2, 0.25) is 0 Å². The molecule has 0 saturated carbocycles. The number of hydrogen-bond donors (Lipinski definition) is 0. The number of hydrogen-bond acceptors (Lipinski definition) is 6. The van der Waals surface area contributed by atoms with Crippen LogP contribution in [0.4, 0.5) is 0 Å². The lowest BCUT2D eigenvalue weighted by Gasteiger charge is -2.08. The van der Waals surface area contributed by atoms with Gasteiger partial charge in [-0.15, -0.1) is 11.3 Å². The highest BCUT2D eigenvalue weighted by Crippen LogP contribution is 2.29. The molecule has 2 aromatic rings. The predicted molar refractivity (Wildman–Crippen MR) is 94.8 cm³/mol. The van der Waals surface area contributed by atoms with Crippen molar-refractivity contribution < 1.29 is 9.53 Å². The maximum absolute atomic E-state index is 12.8. The highest BCUT2D eigenvalue weighted by atomic mass is 32.2. The van der Waals surface area contributed by atoms with E-state index in [-0.39, 0.29) is 11.5 Å². The fraction of sp³-hybridized carbons (Fsp3) is 0.562. The third kappa shape index (κ3) is 3.17. The van der Waals surface area contributed by atoms with Crippen LogP contribution in [0.2, 0.25) is 0 Å². The van der Waals surface area contributed by atoms with Gasteiger partial charge in [-0.25, -0.2) is 9.78 Å². The number of thioether (sulfide) groups is 1. The lowest BCUT2D eigenvalue weighted by atomic mass is 10.2. The molecule has 7 heteroatoms. The predicted octanol–water partition coefficient (Wildman–Crippen LogP) is 3.01. The Bertz CT molecular complexity index is 795. The van der Waals surface area contributed by atoms with Crippen LogP contribution in [0.25, 0.3) is 10.2 Å². The van der Waals surface area contributed by atoms with Gasteiger partial charge in [-0.2, -0.15) is 11.8 Å². The first-order valence-electron chi connectivity index (χ1n) is 7.82. The normalized spacial score (nSPS) is 14.5. The minimum absolute atomic E-state index is 0.0104. The van der Waals surface area contributed by atoms with E-state index in [2.05, 4.69) is 4.98 Å². The second kappa shape index (κ2) is 7.05. The number of thiophene rings is 1. The van der Waals surface area contributed by atoms with Crippen LogP contribution in [0.3, 0.4) is 0 Å². The summed E-state index contributed by atoms with van der Waals surface area (Å²) >= 11 is 2.91. The van der Waals surface area contributed by atoms with Gasteiger partial charge in [0.05, 0.1) is 5.39 Å². The number of fused-ring (bicyclic) bond motifs is 2.